The largest absolute Gasteiger partial charge is 0.355 e. The van der Waals surface area contributed by atoms with Crippen LogP contribution in [0.5, 0.6) is 0 Å². The molecule has 0 aromatic heterocycles. The van der Waals surface area contributed by atoms with Gasteiger partial charge in [-0.2, -0.15) is 0 Å². The molecule has 1 N–H and O–H groups in total. The maximum absolute atomic E-state index is 12.2. The maximum atomic E-state index is 12.2. The molecule has 20 heavy (non-hydrogen) atoms. The standard InChI is InChI=1S/C17H26N2O/c1-14(2)19-12-6-9-16(13-19)17(20)18-11-10-15-7-4-3-5-8-15/h3-5,7-8,14,16H,6,9-13H2,1-2H3,(H,18,20). The van der Waals surface area contributed by atoms with E-state index in [9.17, 15) is 4.79 Å². The van der Waals surface area contributed by atoms with Crippen molar-refractivity contribution in [1.29, 1.82) is 0 Å². The lowest BCUT2D eigenvalue weighted by Crippen LogP contribution is -2.45. The number of benzene rings is 1. The van der Waals surface area contributed by atoms with E-state index in [2.05, 4.69) is 36.2 Å². The van der Waals surface area contributed by atoms with Crippen LogP contribution in [0.4, 0.5) is 0 Å². The van der Waals surface area contributed by atoms with Gasteiger partial charge < -0.3 is 10.2 Å². The Kier molecular flexibility index (Phi) is 5.60. The number of likely N-dealkylation sites (tertiary alicyclic amines) is 1. The Morgan fingerprint density at radius 2 is 2.10 bits per heavy atom. The molecular formula is C17H26N2O. The molecule has 1 saturated heterocycles. The highest BCUT2D eigenvalue weighted by atomic mass is 16.1. The Labute approximate surface area is 122 Å². The summed E-state index contributed by atoms with van der Waals surface area (Å²) >= 11 is 0. The fourth-order valence-electron chi connectivity index (χ4n) is 2.81. The number of hydrogen-bond donors (Lipinski definition) is 1. The molecule has 0 bridgehead atoms. The van der Waals surface area contributed by atoms with E-state index in [1.165, 1.54) is 5.56 Å². The van der Waals surface area contributed by atoms with Crippen molar-refractivity contribution in [1.82, 2.24) is 10.2 Å². The van der Waals surface area contributed by atoms with E-state index in [0.717, 1.165) is 38.9 Å². The summed E-state index contributed by atoms with van der Waals surface area (Å²) in [5, 5.41) is 3.09. The predicted molar refractivity (Wildman–Crippen MR) is 82.6 cm³/mol. The van der Waals surface area contributed by atoms with Crippen LogP contribution in [0.1, 0.15) is 32.3 Å². The van der Waals surface area contributed by atoms with Crippen molar-refractivity contribution >= 4 is 5.91 Å². The van der Waals surface area contributed by atoms with E-state index in [1.54, 1.807) is 0 Å². The first kappa shape index (κ1) is 15.0. The third kappa shape index (κ3) is 4.34. The Hall–Kier alpha value is -1.35. The van der Waals surface area contributed by atoms with Crippen molar-refractivity contribution in [3.8, 4) is 0 Å². The van der Waals surface area contributed by atoms with Gasteiger partial charge in [0.1, 0.15) is 0 Å². The molecule has 3 heteroatoms. The number of nitrogens with zero attached hydrogens (tertiary/aromatic N) is 1. The summed E-state index contributed by atoms with van der Waals surface area (Å²) < 4.78 is 0. The quantitative estimate of drug-likeness (QED) is 0.894. The van der Waals surface area contributed by atoms with Gasteiger partial charge in [0.25, 0.3) is 0 Å². The first-order chi connectivity index (χ1) is 9.66. The van der Waals surface area contributed by atoms with Gasteiger partial charge in [-0.3, -0.25) is 4.79 Å². The van der Waals surface area contributed by atoms with Gasteiger partial charge in [0.05, 0.1) is 5.92 Å². The number of nitrogens with one attached hydrogen (secondary N) is 1. The predicted octanol–water partition coefficient (Wildman–Crippen LogP) is 2.47. The van der Waals surface area contributed by atoms with Gasteiger partial charge in [-0.15, -0.1) is 0 Å². The van der Waals surface area contributed by atoms with Gasteiger partial charge in [0, 0.05) is 19.1 Å². The van der Waals surface area contributed by atoms with E-state index in [-0.39, 0.29) is 11.8 Å². The topological polar surface area (TPSA) is 32.3 Å². The molecule has 2 rings (SSSR count). The fraction of sp³-hybridized carbons (Fsp3) is 0.588. The zero-order valence-corrected chi connectivity index (χ0v) is 12.6. The van der Waals surface area contributed by atoms with Crippen molar-refractivity contribution in [3.05, 3.63) is 35.9 Å². The first-order valence-corrected chi connectivity index (χ1v) is 7.72. The highest BCUT2D eigenvalue weighted by Gasteiger charge is 2.26. The van der Waals surface area contributed by atoms with Crippen molar-refractivity contribution in [2.45, 2.75) is 39.2 Å². The van der Waals surface area contributed by atoms with Crippen LogP contribution >= 0.6 is 0 Å². The van der Waals surface area contributed by atoms with Crippen LogP contribution in [-0.4, -0.2) is 36.5 Å². The number of hydrogen-bond acceptors (Lipinski definition) is 2. The Morgan fingerprint density at radius 3 is 2.80 bits per heavy atom. The summed E-state index contributed by atoms with van der Waals surface area (Å²) in [6.07, 6.45) is 3.07. The lowest BCUT2D eigenvalue weighted by Gasteiger charge is -2.34. The Balaban J connectivity index is 1.74. The molecule has 1 aromatic rings. The molecule has 1 atom stereocenters. The van der Waals surface area contributed by atoms with Crippen LogP contribution in [-0.2, 0) is 11.2 Å². The average Bonchev–Trinajstić information content (AvgIpc) is 2.48. The van der Waals surface area contributed by atoms with Crippen molar-refractivity contribution < 1.29 is 4.79 Å². The van der Waals surface area contributed by atoms with E-state index in [0.29, 0.717) is 6.04 Å². The van der Waals surface area contributed by atoms with Crippen LogP contribution in [0.3, 0.4) is 0 Å². The molecular weight excluding hydrogens is 248 g/mol. The van der Waals surface area contributed by atoms with Gasteiger partial charge in [-0.1, -0.05) is 30.3 Å². The van der Waals surface area contributed by atoms with E-state index in [1.807, 2.05) is 18.2 Å². The van der Waals surface area contributed by atoms with E-state index < -0.39 is 0 Å². The van der Waals surface area contributed by atoms with Crippen LogP contribution in [0.2, 0.25) is 0 Å². The van der Waals surface area contributed by atoms with Gasteiger partial charge in [-0.25, -0.2) is 0 Å². The molecule has 1 fully saturated rings. The summed E-state index contributed by atoms with van der Waals surface area (Å²) in [5.74, 6) is 0.396. The zero-order chi connectivity index (χ0) is 14.4. The minimum absolute atomic E-state index is 0.168. The number of rotatable bonds is 5. The molecule has 1 aromatic carbocycles. The van der Waals surface area contributed by atoms with Crippen LogP contribution < -0.4 is 5.32 Å². The fourth-order valence-corrected chi connectivity index (χ4v) is 2.81. The molecule has 0 saturated carbocycles. The summed E-state index contributed by atoms with van der Waals surface area (Å²) in [6, 6.07) is 10.8. The molecule has 110 valence electrons. The summed E-state index contributed by atoms with van der Waals surface area (Å²) in [6.45, 7) is 7.19. The second-order valence-electron chi connectivity index (χ2n) is 5.95. The average molecular weight is 274 g/mol. The second kappa shape index (κ2) is 7.44. The van der Waals surface area contributed by atoms with Crippen molar-refractivity contribution in [2.24, 2.45) is 5.92 Å². The third-order valence-electron chi connectivity index (χ3n) is 4.11. The molecule has 0 aliphatic carbocycles. The van der Waals surface area contributed by atoms with Gasteiger partial charge in [0.2, 0.25) is 5.91 Å². The number of amides is 1. The molecule has 1 aliphatic heterocycles. The lowest BCUT2D eigenvalue weighted by molar-refractivity contribution is -0.126. The molecule has 0 radical (unpaired) electrons. The summed E-state index contributed by atoms with van der Waals surface area (Å²) in [4.78, 5) is 14.6. The molecule has 3 nitrogen and oxygen atoms in total. The normalized spacial score (nSPS) is 20.1. The minimum Gasteiger partial charge on any atom is -0.355 e. The number of carbonyl (C=O) groups excluding carboxylic acids is 1. The SMILES string of the molecule is CC(C)N1CCCC(C(=O)NCCc2ccccc2)C1. The van der Waals surface area contributed by atoms with Gasteiger partial charge in [-0.05, 0) is 45.2 Å². The van der Waals surface area contributed by atoms with E-state index in [4.69, 9.17) is 0 Å². The van der Waals surface area contributed by atoms with Gasteiger partial charge in [0.15, 0.2) is 0 Å². The third-order valence-corrected chi connectivity index (χ3v) is 4.11. The summed E-state index contributed by atoms with van der Waals surface area (Å²) in [7, 11) is 0. The smallest absolute Gasteiger partial charge is 0.224 e. The van der Waals surface area contributed by atoms with Crippen LogP contribution in [0, 0.1) is 5.92 Å². The number of carbonyl (C=O) groups is 1. The molecule has 1 aliphatic rings. The highest BCUT2D eigenvalue weighted by Crippen LogP contribution is 2.18. The Bertz CT molecular complexity index is 416. The Morgan fingerprint density at radius 1 is 1.35 bits per heavy atom. The maximum Gasteiger partial charge on any atom is 0.224 e. The number of piperidine rings is 1. The van der Waals surface area contributed by atoms with Crippen molar-refractivity contribution in [3.63, 3.8) is 0 Å². The lowest BCUT2D eigenvalue weighted by atomic mass is 9.96. The van der Waals surface area contributed by atoms with Crippen LogP contribution in [0.25, 0.3) is 0 Å². The van der Waals surface area contributed by atoms with Crippen LogP contribution in [0.15, 0.2) is 30.3 Å². The minimum atomic E-state index is 0.168. The highest BCUT2D eigenvalue weighted by molar-refractivity contribution is 5.78. The van der Waals surface area contributed by atoms with Gasteiger partial charge >= 0.3 is 0 Å². The summed E-state index contributed by atoms with van der Waals surface area (Å²) in [5.41, 5.74) is 1.28. The zero-order valence-electron chi connectivity index (χ0n) is 12.6. The van der Waals surface area contributed by atoms with E-state index >= 15 is 0 Å². The first-order valence-electron chi connectivity index (χ1n) is 7.72. The monoisotopic (exact) mass is 274 g/mol. The van der Waals surface area contributed by atoms with Crippen molar-refractivity contribution in [2.75, 3.05) is 19.6 Å². The molecule has 1 unspecified atom stereocenters. The molecule has 0 spiro atoms. The molecule has 1 heterocycles. The second-order valence-corrected chi connectivity index (χ2v) is 5.95. The molecule has 1 amide bonds.